The molecule has 0 aromatic heterocycles. The fourth-order valence-corrected chi connectivity index (χ4v) is 6.62. The summed E-state index contributed by atoms with van der Waals surface area (Å²) >= 11 is 0. The molecular weight excluding hydrogens is 442 g/mol. The Kier molecular flexibility index (Phi) is 6.52. The van der Waals surface area contributed by atoms with Crippen LogP contribution in [-0.4, -0.2) is 41.5 Å². The Hall–Kier alpha value is -2.71. The zero-order chi connectivity index (χ0) is 22.8. The number of amidine groups is 1. The van der Waals surface area contributed by atoms with E-state index in [9.17, 15) is 16.8 Å². The van der Waals surface area contributed by atoms with E-state index in [4.69, 9.17) is 22.4 Å². The molecule has 0 radical (unpaired) electrons. The molecule has 10 N–H and O–H groups in total. The fourth-order valence-electron chi connectivity index (χ4n) is 3.84. The van der Waals surface area contributed by atoms with Gasteiger partial charge in [-0.3, -0.25) is 0 Å². The molecule has 0 spiro atoms. The van der Waals surface area contributed by atoms with Gasteiger partial charge in [0.2, 0.25) is 10.0 Å². The topological polar surface area (TPSA) is 209 Å². The van der Waals surface area contributed by atoms with E-state index >= 15 is 0 Å². The summed E-state index contributed by atoms with van der Waals surface area (Å²) in [4.78, 5) is -1.09. The highest BCUT2D eigenvalue weighted by molar-refractivity contribution is 7.93. The van der Waals surface area contributed by atoms with Gasteiger partial charge < -0.3 is 16.8 Å². The fraction of sp³-hybridized carbons (Fsp3) is 0.278. The van der Waals surface area contributed by atoms with Gasteiger partial charge in [0.05, 0.1) is 10.6 Å². The number of fused-ring (bicyclic) bond motifs is 1. The molecule has 13 heteroatoms. The summed E-state index contributed by atoms with van der Waals surface area (Å²) in [5.41, 5.74) is 15.7. The van der Waals surface area contributed by atoms with Crippen LogP contribution in [0, 0.1) is 0 Å². The van der Waals surface area contributed by atoms with Gasteiger partial charge in [0.15, 0.2) is 15.7 Å². The molecule has 11 nitrogen and oxygen atoms in total. The van der Waals surface area contributed by atoms with Crippen LogP contribution in [0.15, 0.2) is 51.3 Å². The van der Waals surface area contributed by atoms with E-state index in [1.165, 1.54) is 6.07 Å². The minimum atomic E-state index is -4.53. The molecular formula is C18H25N7O4S2. The van der Waals surface area contributed by atoms with Gasteiger partial charge in [-0.05, 0) is 29.7 Å². The minimum Gasteiger partial charge on any atom is -0.385 e. The molecule has 1 unspecified atom stereocenters. The average molecular weight is 468 g/mol. The first-order valence-corrected chi connectivity index (χ1v) is 12.6. The average Bonchev–Trinajstić information content (AvgIpc) is 2.71. The standard InChI is InChI=1S/C18H25N7O4S2/c19-8-10-30(26,27)15-6-5-13(11-7-9-23-14-4-2-1-3-12(11)14)16(18(20)24-25-21)17(15)31(22,28)29/h1-6,11,23,25H,7-10,19,21H2,(H2,20,24)(H2,22,28,29). The lowest BCUT2D eigenvalue weighted by atomic mass is 9.82. The zero-order valence-corrected chi connectivity index (χ0v) is 18.2. The number of hydrogen-bond donors (Lipinski definition) is 6. The Morgan fingerprint density at radius 2 is 1.84 bits per heavy atom. The second-order valence-electron chi connectivity index (χ2n) is 6.99. The van der Waals surface area contributed by atoms with Gasteiger partial charge >= 0.3 is 0 Å². The molecule has 168 valence electrons. The van der Waals surface area contributed by atoms with Crippen LogP contribution in [0.5, 0.6) is 0 Å². The second-order valence-corrected chi connectivity index (χ2v) is 10.6. The van der Waals surface area contributed by atoms with E-state index in [1.807, 2.05) is 29.8 Å². The highest BCUT2D eigenvalue weighted by Crippen LogP contribution is 2.40. The normalized spacial score (nSPS) is 17.0. The summed E-state index contributed by atoms with van der Waals surface area (Å²) in [6.07, 6.45) is 0.603. The number of hydrogen-bond acceptors (Lipinski definition) is 9. The van der Waals surface area contributed by atoms with Crippen LogP contribution in [-0.2, 0) is 19.9 Å². The number of rotatable bonds is 7. The Bertz CT molecular complexity index is 1230. The van der Waals surface area contributed by atoms with E-state index in [2.05, 4.69) is 10.4 Å². The maximum atomic E-state index is 12.8. The summed E-state index contributed by atoms with van der Waals surface area (Å²) in [7, 11) is -8.59. The second kappa shape index (κ2) is 8.80. The lowest BCUT2D eigenvalue weighted by molar-refractivity contribution is 0.582. The van der Waals surface area contributed by atoms with Crippen molar-refractivity contribution in [3.63, 3.8) is 0 Å². The SMILES string of the molecule is NCCS(=O)(=O)c1ccc(C2CCNc3ccccc32)c(/C(N)=N/NN)c1S(N)(=O)=O. The molecule has 2 aromatic rings. The van der Waals surface area contributed by atoms with Crippen molar-refractivity contribution in [2.75, 3.05) is 24.2 Å². The third-order valence-electron chi connectivity index (χ3n) is 5.06. The van der Waals surface area contributed by atoms with Gasteiger partial charge in [0.25, 0.3) is 0 Å². The van der Waals surface area contributed by atoms with E-state index in [-0.39, 0.29) is 23.9 Å². The molecule has 0 saturated heterocycles. The summed E-state index contributed by atoms with van der Waals surface area (Å²) in [5, 5.41) is 12.5. The van der Waals surface area contributed by atoms with Crippen LogP contribution in [0.25, 0.3) is 0 Å². The predicted molar refractivity (Wildman–Crippen MR) is 118 cm³/mol. The van der Waals surface area contributed by atoms with Crippen LogP contribution in [0.1, 0.15) is 29.0 Å². The highest BCUT2D eigenvalue weighted by atomic mass is 32.2. The monoisotopic (exact) mass is 467 g/mol. The third kappa shape index (κ3) is 4.50. The predicted octanol–water partition coefficient (Wildman–Crippen LogP) is -0.902. The number of sulfonamides is 1. The number of anilines is 1. The molecule has 0 saturated carbocycles. The van der Waals surface area contributed by atoms with Crippen LogP contribution in [0.2, 0.25) is 0 Å². The molecule has 1 atom stereocenters. The molecule has 2 aromatic carbocycles. The molecule has 0 bridgehead atoms. The van der Waals surface area contributed by atoms with Gasteiger partial charge in [0.1, 0.15) is 4.90 Å². The molecule has 0 fully saturated rings. The van der Waals surface area contributed by atoms with E-state index < -0.39 is 35.4 Å². The van der Waals surface area contributed by atoms with Crippen molar-refractivity contribution >= 4 is 31.4 Å². The van der Waals surface area contributed by atoms with Gasteiger partial charge in [-0.1, -0.05) is 24.3 Å². The number of benzene rings is 2. The Balaban J connectivity index is 2.41. The van der Waals surface area contributed by atoms with Crippen molar-refractivity contribution in [3.05, 3.63) is 53.1 Å². The first-order valence-electron chi connectivity index (χ1n) is 9.36. The molecule has 0 aliphatic carbocycles. The van der Waals surface area contributed by atoms with Crippen LogP contribution >= 0.6 is 0 Å². The number of hydrazine groups is 1. The quantitative estimate of drug-likeness (QED) is 0.129. The third-order valence-corrected chi connectivity index (χ3v) is 7.97. The number of sulfone groups is 1. The lowest BCUT2D eigenvalue weighted by Crippen LogP contribution is -2.31. The van der Waals surface area contributed by atoms with Crippen LogP contribution in [0.4, 0.5) is 5.69 Å². The Labute approximate surface area is 180 Å². The van der Waals surface area contributed by atoms with Crippen LogP contribution in [0.3, 0.4) is 0 Å². The van der Waals surface area contributed by atoms with Gasteiger partial charge in [-0.15, -0.1) is 5.10 Å². The van der Waals surface area contributed by atoms with Gasteiger partial charge in [-0.2, -0.15) is 0 Å². The molecule has 31 heavy (non-hydrogen) atoms. The number of nitrogens with two attached hydrogens (primary N) is 4. The van der Waals surface area contributed by atoms with Crippen molar-refractivity contribution in [1.82, 2.24) is 5.53 Å². The van der Waals surface area contributed by atoms with Crippen molar-refractivity contribution in [2.45, 2.75) is 22.1 Å². The molecule has 3 rings (SSSR count). The molecule has 0 amide bonds. The van der Waals surface area contributed by atoms with Crippen molar-refractivity contribution in [3.8, 4) is 0 Å². The van der Waals surface area contributed by atoms with Crippen molar-refractivity contribution in [2.24, 2.45) is 27.6 Å². The van der Waals surface area contributed by atoms with Crippen molar-refractivity contribution in [1.29, 1.82) is 0 Å². The maximum Gasteiger partial charge on any atom is 0.240 e. The van der Waals surface area contributed by atoms with Crippen LogP contribution < -0.4 is 33.3 Å². The summed E-state index contributed by atoms with van der Waals surface area (Å²) in [5.74, 6) is 4.21. The van der Waals surface area contributed by atoms with Crippen molar-refractivity contribution < 1.29 is 16.8 Å². The first-order chi connectivity index (χ1) is 14.6. The van der Waals surface area contributed by atoms with E-state index in [1.54, 1.807) is 6.07 Å². The first kappa shape index (κ1) is 23.0. The Morgan fingerprint density at radius 1 is 1.13 bits per heavy atom. The minimum absolute atomic E-state index is 0.0970. The Morgan fingerprint density at radius 3 is 2.48 bits per heavy atom. The zero-order valence-electron chi connectivity index (χ0n) is 16.6. The molecule has 1 aliphatic rings. The summed E-state index contributed by atoms with van der Waals surface area (Å²) < 4.78 is 50.8. The number of primary sulfonamides is 1. The number of nitrogens with one attached hydrogen (secondary N) is 2. The largest absolute Gasteiger partial charge is 0.385 e. The van der Waals surface area contributed by atoms with Gasteiger partial charge in [-0.25, -0.2) is 33.4 Å². The molecule has 1 heterocycles. The molecule has 1 aliphatic heterocycles. The summed E-state index contributed by atoms with van der Waals surface area (Å²) in [6, 6.07) is 10.3. The smallest absolute Gasteiger partial charge is 0.240 e. The lowest BCUT2D eigenvalue weighted by Gasteiger charge is -2.29. The maximum absolute atomic E-state index is 12.8. The van der Waals surface area contributed by atoms with E-state index in [0.29, 0.717) is 18.5 Å². The number of para-hydroxylation sites is 1. The summed E-state index contributed by atoms with van der Waals surface area (Å²) in [6.45, 7) is 0.421. The van der Waals surface area contributed by atoms with E-state index in [0.717, 1.165) is 11.3 Å². The number of nitrogens with zero attached hydrogens (tertiary/aromatic N) is 1. The van der Waals surface area contributed by atoms with Gasteiger partial charge in [0, 0.05) is 30.3 Å². The number of hydrazone groups is 1. The highest BCUT2D eigenvalue weighted by Gasteiger charge is 2.34.